The van der Waals surface area contributed by atoms with E-state index in [2.05, 4.69) is 0 Å². The molecule has 1 saturated heterocycles. The third-order valence-electron chi connectivity index (χ3n) is 6.91. The molecule has 0 aromatic heterocycles. The van der Waals surface area contributed by atoms with E-state index in [4.69, 9.17) is 23.7 Å². The number of carbonyl (C=O) groups is 2. The van der Waals surface area contributed by atoms with Gasteiger partial charge in [0, 0.05) is 12.0 Å². The average molecular weight is 567 g/mol. The van der Waals surface area contributed by atoms with E-state index >= 15 is 0 Å². The van der Waals surface area contributed by atoms with Gasteiger partial charge in [0.15, 0.2) is 17.8 Å². The van der Waals surface area contributed by atoms with Gasteiger partial charge in [-0.1, -0.05) is 12.1 Å². The predicted molar refractivity (Wildman–Crippen MR) is 131 cm³/mol. The van der Waals surface area contributed by atoms with Gasteiger partial charge in [-0.2, -0.15) is 0 Å². The van der Waals surface area contributed by atoms with Gasteiger partial charge in [0.1, 0.15) is 31.0 Å². The number of aliphatic hydroxyl groups excluding tert-OH is 5. The van der Waals surface area contributed by atoms with Crippen molar-refractivity contribution in [2.45, 2.75) is 43.1 Å². The van der Waals surface area contributed by atoms with Gasteiger partial charge in [0.05, 0.1) is 37.6 Å². The molecule has 1 fully saturated rings. The smallest absolute Gasteiger partial charge is 0.335 e. The van der Waals surface area contributed by atoms with Crippen LogP contribution >= 0.6 is 0 Å². The van der Waals surface area contributed by atoms with Crippen molar-refractivity contribution in [1.29, 1.82) is 0 Å². The summed E-state index contributed by atoms with van der Waals surface area (Å²) in [6, 6.07) is 4.43. The molecule has 7 N–H and O–H groups in total. The van der Waals surface area contributed by atoms with Crippen molar-refractivity contribution in [3.05, 3.63) is 53.3 Å². The van der Waals surface area contributed by atoms with Crippen LogP contribution in [0.25, 0.3) is 6.08 Å². The molecule has 0 radical (unpaired) electrons. The van der Waals surface area contributed by atoms with Crippen molar-refractivity contribution >= 4 is 18.0 Å². The summed E-state index contributed by atoms with van der Waals surface area (Å²) in [5.74, 6) is -4.10. The Bertz CT molecular complexity index is 1190. The summed E-state index contributed by atoms with van der Waals surface area (Å²) in [6.45, 7) is -1.08. The molecule has 2 aliphatic heterocycles. The van der Waals surface area contributed by atoms with Gasteiger partial charge < -0.3 is 59.4 Å². The molecule has 1 aromatic carbocycles. The molecule has 0 spiro atoms. The lowest BCUT2D eigenvalue weighted by Gasteiger charge is -2.43. The number of rotatable bonds is 9. The van der Waals surface area contributed by atoms with E-state index in [0.717, 1.165) is 12.3 Å². The minimum absolute atomic E-state index is 0.0755. The number of aromatic hydroxyl groups is 1. The molecule has 4 rings (SSSR count). The second-order valence-electron chi connectivity index (χ2n) is 9.37. The number of fused-ring (bicyclic) bond motifs is 1. The van der Waals surface area contributed by atoms with Gasteiger partial charge in [0.2, 0.25) is 6.29 Å². The van der Waals surface area contributed by atoms with Crippen LogP contribution in [0.4, 0.5) is 0 Å². The summed E-state index contributed by atoms with van der Waals surface area (Å²) in [5.41, 5.74) is 0.518. The lowest BCUT2D eigenvalue weighted by molar-refractivity contribution is -0.340. The van der Waals surface area contributed by atoms with Crippen molar-refractivity contribution in [2.75, 3.05) is 20.3 Å². The monoisotopic (exact) mass is 566 g/mol. The van der Waals surface area contributed by atoms with Crippen molar-refractivity contribution in [2.24, 2.45) is 11.8 Å². The summed E-state index contributed by atoms with van der Waals surface area (Å²) >= 11 is 0. The van der Waals surface area contributed by atoms with Crippen molar-refractivity contribution < 1.29 is 69.0 Å². The Morgan fingerprint density at radius 1 is 1.05 bits per heavy atom. The molecule has 0 bridgehead atoms. The fourth-order valence-electron chi connectivity index (χ4n) is 4.83. The zero-order valence-electron chi connectivity index (χ0n) is 21.1. The van der Waals surface area contributed by atoms with E-state index in [-0.39, 0.29) is 29.3 Å². The molecule has 9 atom stereocenters. The number of hydrogen-bond donors (Lipinski definition) is 7. The number of carbonyl (C=O) groups excluding carboxylic acids is 1. The second-order valence-corrected chi connectivity index (χ2v) is 9.37. The molecular weight excluding hydrogens is 536 g/mol. The van der Waals surface area contributed by atoms with Gasteiger partial charge in [-0.3, -0.25) is 0 Å². The maximum atomic E-state index is 12.4. The molecule has 1 aromatic rings. The first-order chi connectivity index (χ1) is 19.0. The number of phenols is 1. The first-order valence-corrected chi connectivity index (χ1v) is 12.2. The number of aliphatic carboxylic acids is 1. The molecule has 0 unspecified atom stereocenters. The molecule has 3 aliphatic rings. The standard InChI is InChI=1S/C26H30O14/c1-36-16-6-11(2-4-14(16)28)3-5-18(30)37-9-12-7-15(29)20-13(24(34)35)10-38-25(19(12)20)40-26-23(33)22(32)21(31)17(8-27)39-26/h2-7,10,15,17,19-23,25-29,31-33H,8-9H2,1H3,(H,34,35)/b5-3+/t15-,17-,19-,20+,21-,22+,23-,25+,26+/m1/s1. The fourth-order valence-corrected chi connectivity index (χ4v) is 4.83. The van der Waals surface area contributed by atoms with Crippen molar-refractivity contribution in [1.82, 2.24) is 0 Å². The number of carboxylic acid groups (broad SMARTS) is 1. The highest BCUT2D eigenvalue weighted by atomic mass is 16.8. The van der Waals surface area contributed by atoms with E-state index in [0.29, 0.717) is 5.56 Å². The summed E-state index contributed by atoms with van der Waals surface area (Å²) in [7, 11) is 1.38. The first-order valence-electron chi connectivity index (χ1n) is 12.2. The van der Waals surface area contributed by atoms with E-state index < -0.39 is 73.5 Å². The zero-order chi connectivity index (χ0) is 29.1. The number of hydrogen-bond acceptors (Lipinski definition) is 13. The van der Waals surface area contributed by atoms with Crippen LogP contribution in [0, 0.1) is 11.8 Å². The van der Waals surface area contributed by atoms with Gasteiger partial charge in [-0.05, 0) is 29.3 Å². The number of ether oxygens (including phenoxy) is 5. The Kier molecular flexibility index (Phi) is 9.10. The summed E-state index contributed by atoms with van der Waals surface area (Å²) in [4.78, 5) is 24.2. The Hall–Kier alpha value is -3.50. The van der Waals surface area contributed by atoms with E-state index in [1.54, 1.807) is 6.07 Å². The van der Waals surface area contributed by atoms with Crippen LogP contribution in [0.5, 0.6) is 11.5 Å². The van der Waals surface area contributed by atoms with Gasteiger partial charge >= 0.3 is 11.9 Å². The highest BCUT2D eigenvalue weighted by Crippen LogP contribution is 2.44. The minimum atomic E-state index is -1.76. The van der Waals surface area contributed by atoms with E-state index in [1.165, 1.54) is 31.4 Å². The number of carboxylic acids is 1. The number of aliphatic hydroxyl groups is 5. The van der Waals surface area contributed by atoms with Crippen LogP contribution in [-0.2, 0) is 28.5 Å². The normalized spacial score (nSPS) is 33.5. The Labute approximate surface area is 227 Å². The molecule has 0 saturated carbocycles. The number of phenolic OH excluding ortho intramolecular Hbond substituents is 1. The largest absolute Gasteiger partial charge is 0.504 e. The highest BCUT2D eigenvalue weighted by Gasteiger charge is 2.52. The maximum Gasteiger partial charge on any atom is 0.335 e. The molecule has 14 nitrogen and oxygen atoms in total. The molecule has 14 heteroatoms. The summed E-state index contributed by atoms with van der Waals surface area (Å²) in [5, 5.41) is 69.9. The summed E-state index contributed by atoms with van der Waals surface area (Å²) in [6.07, 6.45) is -5.94. The van der Waals surface area contributed by atoms with Crippen LogP contribution in [0.1, 0.15) is 5.56 Å². The van der Waals surface area contributed by atoms with Crippen LogP contribution in [0.3, 0.4) is 0 Å². The second kappa shape index (κ2) is 12.3. The quantitative estimate of drug-likeness (QED) is 0.104. The first kappa shape index (κ1) is 29.5. The topological polar surface area (TPSA) is 222 Å². The van der Waals surface area contributed by atoms with Crippen LogP contribution in [0.15, 0.2) is 47.8 Å². The van der Waals surface area contributed by atoms with Crippen molar-refractivity contribution in [3.8, 4) is 11.5 Å². The molecular formula is C26H30O14. The number of esters is 1. The van der Waals surface area contributed by atoms with E-state index in [1.807, 2.05) is 0 Å². The molecule has 2 heterocycles. The van der Waals surface area contributed by atoms with Gasteiger partial charge in [-0.25, -0.2) is 9.59 Å². The number of methoxy groups -OCH3 is 1. The van der Waals surface area contributed by atoms with Crippen LogP contribution in [0.2, 0.25) is 0 Å². The van der Waals surface area contributed by atoms with Crippen LogP contribution < -0.4 is 4.74 Å². The predicted octanol–water partition coefficient (Wildman–Crippen LogP) is -1.37. The van der Waals surface area contributed by atoms with Crippen LogP contribution in [-0.4, -0.2) is 111 Å². The average Bonchev–Trinajstić information content (AvgIpc) is 3.27. The molecule has 1 aliphatic carbocycles. The zero-order valence-corrected chi connectivity index (χ0v) is 21.1. The third-order valence-corrected chi connectivity index (χ3v) is 6.91. The lowest BCUT2D eigenvalue weighted by atomic mass is 9.82. The lowest BCUT2D eigenvalue weighted by Crippen LogP contribution is -2.60. The highest BCUT2D eigenvalue weighted by molar-refractivity contribution is 5.88. The third kappa shape index (κ3) is 5.97. The van der Waals surface area contributed by atoms with Gasteiger partial charge in [0.25, 0.3) is 0 Å². The molecule has 218 valence electrons. The summed E-state index contributed by atoms with van der Waals surface area (Å²) < 4.78 is 26.9. The molecule has 0 amide bonds. The Morgan fingerprint density at radius 2 is 1.80 bits per heavy atom. The van der Waals surface area contributed by atoms with Gasteiger partial charge in [-0.15, -0.1) is 0 Å². The number of benzene rings is 1. The SMILES string of the molecule is COc1cc(/C=C/C(=O)OCC2=C[C@@H](O)[C@@H]3C(C(=O)O)=CO[C@@H](O[C@@H]4O[C@H](CO)[C@@H](O)[C@H](O)[C@H]4O)[C@H]23)ccc1O. The van der Waals surface area contributed by atoms with Crippen molar-refractivity contribution in [3.63, 3.8) is 0 Å². The Morgan fingerprint density at radius 3 is 2.48 bits per heavy atom. The maximum absolute atomic E-state index is 12.4. The molecule has 40 heavy (non-hydrogen) atoms. The fraction of sp³-hybridized carbons (Fsp3) is 0.462. The van der Waals surface area contributed by atoms with E-state index in [9.17, 15) is 45.3 Å². The minimum Gasteiger partial charge on any atom is -0.504 e. The Balaban J connectivity index is 1.49.